The maximum atomic E-state index is 2.53. The summed E-state index contributed by atoms with van der Waals surface area (Å²) in [5.74, 6) is 4.55. The molecule has 110 valence electrons. The maximum absolute atomic E-state index is 2.53. The summed E-state index contributed by atoms with van der Waals surface area (Å²) in [7, 11) is 0. The summed E-state index contributed by atoms with van der Waals surface area (Å²) >= 11 is 0. The van der Waals surface area contributed by atoms with Gasteiger partial charge in [-0.05, 0) is 29.6 Å². The zero-order valence-corrected chi connectivity index (χ0v) is 14.1. The van der Waals surface area contributed by atoms with Crippen LogP contribution in [0.5, 0.6) is 0 Å². The van der Waals surface area contributed by atoms with Gasteiger partial charge in [-0.1, -0.05) is 87.0 Å². The van der Waals surface area contributed by atoms with Crippen molar-refractivity contribution >= 4 is 0 Å². The fourth-order valence-corrected chi connectivity index (χ4v) is 4.08. The number of hydrogen-bond acceptors (Lipinski definition) is 0. The average Bonchev–Trinajstić information content (AvgIpc) is 2.34. The summed E-state index contributed by atoms with van der Waals surface area (Å²) in [6.07, 6.45) is 8.27. The van der Waals surface area contributed by atoms with E-state index in [1.807, 2.05) is 0 Å². The molecule has 0 nitrogen and oxygen atoms in total. The van der Waals surface area contributed by atoms with Crippen LogP contribution < -0.4 is 0 Å². The lowest BCUT2D eigenvalue weighted by molar-refractivity contribution is 0.122. The highest BCUT2D eigenvalue weighted by Crippen LogP contribution is 2.38. The van der Waals surface area contributed by atoms with Crippen LogP contribution in [-0.4, -0.2) is 0 Å². The van der Waals surface area contributed by atoms with Crippen LogP contribution in [0.3, 0.4) is 0 Å². The van der Waals surface area contributed by atoms with Gasteiger partial charge >= 0.3 is 0 Å². The normalized spacial score (nSPS) is 18.7. The zero-order valence-electron chi connectivity index (χ0n) is 14.1. The van der Waals surface area contributed by atoms with Crippen molar-refractivity contribution in [2.45, 2.75) is 87.0 Å². The highest BCUT2D eigenvalue weighted by atomic mass is 14.4. The molecule has 0 amide bonds. The number of hydrogen-bond donors (Lipinski definition) is 0. The molecule has 0 aromatic rings. The first-order chi connectivity index (χ1) is 8.53. The molecule has 4 atom stereocenters. The molecular weight excluding hydrogens is 216 g/mol. The van der Waals surface area contributed by atoms with Crippen LogP contribution in [0, 0.1) is 29.6 Å². The Kier molecular flexibility index (Phi) is 9.87. The molecule has 0 heteroatoms. The number of rotatable bonds is 10. The smallest absolute Gasteiger partial charge is 0.0360 e. The van der Waals surface area contributed by atoms with Gasteiger partial charge in [-0.25, -0.2) is 0 Å². The fourth-order valence-electron chi connectivity index (χ4n) is 4.08. The Morgan fingerprint density at radius 1 is 0.667 bits per heavy atom. The summed E-state index contributed by atoms with van der Waals surface area (Å²) in [6, 6.07) is 0. The molecule has 0 heterocycles. The van der Waals surface area contributed by atoms with Gasteiger partial charge in [0.2, 0.25) is 0 Å². The SMILES string of the molecule is CCCC(CC)C(CC)C(C)C(CCC)C(C)C. The molecule has 0 N–H and O–H groups in total. The van der Waals surface area contributed by atoms with Crippen molar-refractivity contribution in [2.75, 3.05) is 0 Å². The Morgan fingerprint density at radius 2 is 1.22 bits per heavy atom. The van der Waals surface area contributed by atoms with Crippen molar-refractivity contribution in [3.05, 3.63) is 0 Å². The molecule has 4 unspecified atom stereocenters. The molecule has 0 aromatic heterocycles. The fraction of sp³-hybridized carbons (Fsp3) is 1.00. The molecule has 0 saturated carbocycles. The average molecular weight is 255 g/mol. The van der Waals surface area contributed by atoms with Gasteiger partial charge in [0.1, 0.15) is 0 Å². The summed E-state index contributed by atoms with van der Waals surface area (Å²) in [4.78, 5) is 0. The van der Waals surface area contributed by atoms with Crippen molar-refractivity contribution in [1.29, 1.82) is 0 Å². The third-order valence-corrected chi connectivity index (χ3v) is 5.09. The van der Waals surface area contributed by atoms with E-state index in [9.17, 15) is 0 Å². The maximum Gasteiger partial charge on any atom is -0.0360 e. The van der Waals surface area contributed by atoms with Crippen LogP contribution in [0.25, 0.3) is 0 Å². The van der Waals surface area contributed by atoms with E-state index in [0.717, 1.165) is 29.6 Å². The van der Waals surface area contributed by atoms with Gasteiger partial charge in [-0.3, -0.25) is 0 Å². The van der Waals surface area contributed by atoms with Gasteiger partial charge in [0.25, 0.3) is 0 Å². The van der Waals surface area contributed by atoms with Crippen molar-refractivity contribution in [2.24, 2.45) is 29.6 Å². The topological polar surface area (TPSA) is 0 Å². The van der Waals surface area contributed by atoms with Crippen molar-refractivity contribution in [1.82, 2.24) is 0 Å². The van der Waals surface area contributed by atoms with Crippen LogP contribution in [0.4, 0.5) is 0 Å². The monoisotopic (exact) mass is 254 g/mol. The third-order valence-electron chi connectivity index (χ3n) is 5.09. The van der Waals surface area contributed by atoms with Gasteiger partial charge in [-0.15, -0.1) is 0 Å². The predicted octanol–water partition coefficient (Wildman–Crippen LogP) is 6.55. The Morgan fingerprint density at radius 3 is 1.56 bits per heavy atom. The minimum Gasteiger partial charge on any atom is -0.0654 e. The van der Waals surface area contributed by atoms with E-state index in [4.69, 9.17) is 0 Å². The van der Waals surface area contributed by atoms with Crippen LogP contribution in [-0.2, 0) is 0 Å². The van der Waals surface area contributed by atoms with Crippen LogP contribution in [0.2, 0.25) is 0 Å². The molecule has 0 fully saturated rings. The van der Waals surface area contributed by atoms with Gasteiger partial charge in [0.05, 0.1) is 0 Å². The van der Waals surface area contributed by atoms with Crippen molar-refractivity contribution in [3.8, 4) is 0 Å². The Hall–Kier alpha value is 0. The Balaban J connectivity index is 4.77. The second-order valence-electron chi connectivity index (χ2n) is 6.58. The quantitative estimate of drug-likeness (QED) is 0.415. The molecule has 18 heavy (non-hydrogen) atoms. The standard InChI is InChI=1S/C18H38/c1-8-12-16(10-3)17(11-4)15(7)18(13-9-2)14(5)6/h14-18H,8-13H2,1-7H3. The van der Waals surface area contributed by atoms with E-state index in [1.54, 1.807) is 0 Å². The van der Waals surface area contributed by atoms with Gasteiger partial charge in [0.15, 0.2) is 0 Å². The first-order valence-electron chi connectivity index (χ1n) is 8.53. The summed E-state index contributed by atoms with van der Waals surface area (Å²) < 4.78 is 0. The largest absolute Gasteiger partial charge is 0.0654 e. The molecule has 0 aliphatic carbocycles. The molecule has 0 aromatic carbocycles. The van der Waals surface area contributed by atoms with Crippen molar-refractivity contribution < 1.29 is 0 Å². The highest BCUT2D eigenvalue weighted by Gasteiger charge is 2.30. The molecule has 0 saturated heterocycles. The van der Waals surface area contributed by atoms with Gasteiger partial charge in [-0.2, -0.15) is 0 Å². The van der Waals surface area contributed by atoms with E-state index >= 15 is 0 Å². The van der Waals surface area contributed by atoms with Crippen LogP contribution >= 0.6 is 0 Å². The second-order valence-corrected chi connectivity index (χ2v) is 6.58. The summed E-state index contributed by atoms with van der Waals surface area (Å²) in [6.45, 7) is 16.8. The summed E-state index contributed by atoms with van der Waals surface area (Å²) in [5, 5.41) is 0. The van der Waals surface area contributed by atoms with Gasteiger partial charge in [0, 0.05) is 0 Å². The first kappa shape index (κ1) is 18.0. The van der Waals surface area contributed by atoms with Crippen LogP contribution in [0.15, 0.2) is 0 Å². The molecule has 0 aliphatic rings. The molecule has 0 bridgehead atoms. The first-order valence-corrected chi connectivity index (χ1v) is 8.53. The third kappa shape index (κ3) is 5.33. The van der Waals surface area contributed by atoms with Crippen LogP contribution in [0.1, 0.15) is 87.0 Å². The predicted molar refractivity (Wildman–Crippen MR) is 84.9 cm³/mol. The second kappa shape index (κ2) is 9.87. The van der Waals surface area contributed by atoms with E-state index in [0.29, 0.717) is 0 Å². The van der Waals surface area contributed by atoms with E-state index < -0.39 is 0 Å². The lowest BCUT2D eigenvalue weighted by Gasteiger charge is -2.37. The molecular formula is C18H38. The molecule has 0 radical (unpaired) electrons. The summed E-state index contributed by atoms with van der Waals surface area (Å²) in [5.41, 5.74) is 0. The van der Waals surface area contributed by atoms with E-state index in [1.165, 1.54) is 38.5 Å². The zero-order chi connectivity index (χ0) is 14.1. The van der Waals surface area contributed by atoms with E-state index in [2.05, 4.69) is 48.5 Å². The molecule has 0 rings (SSSR count). The minimum atomic E-state index is 0.841. The Labute approximate surface area is 117 Å². The molecule has 0 spiro atoms. The van der Waals surface area contributed by atoms with Crippen molar-refractivity contribution in [3.63, 3.8) is 0 Å². The lowest BCUT2D eigenvalue weighted by Crippen LogP contribution is -2.29. The minimum absolute atomic E-state index is 0.841. The van der Waals surface area contributed by atoms with E-state index in [-0.39, 0.29) is 0 Å². The highest BCUT2D eigenvalue weighted by molar-refractivity contribution is 4.79. The molecule has 0 aliphatic heterocycles. The lowest BCUT2D eigenvalue weighted by atomic mass is 9.68. The van der Waals surface area contributed by atoms with Gasteiger partial charge < -0.3 is 0 Å². The Bertz CT molecular complexity index is 182.